The van der Waals surface area contributed by atoms with Crippen LogP contribution in [0.3, 0.4) is 0 Å². The highest BCUT2D eigenvalue weighted by Crippen LogP contribution is 2.49. The van der Waals surface area contributed by atoms with E-state index in [1.165, 1.54) is 33.2 Å². The monoisotopic (exact) mass is 494 g/mol. The fourth-order valence-corrected chi connectivity index (χ4v) is 5.95. The fraction of sp³-hybridized carbons (Fsp3) is 0.171. The maximum Gasteiger partial charge on any atom is 0.136 e. The van der Waals surface area contributed by atoms with E-state index < -0.39 is 0 Å². The molecule has 1 N–H and O–H groups in total. The van der Waals surface area contributed by atoms with Gasteiger partial charge in [-0.2, -0.15) is 0 Å². The van der Waals surface area contributed by atoms with Gasteiger partial charge in [-0.3, -0.25) is 4.98 Å². The topological polar surface area (TPSA) is 38.1 Å². The average Bonchev–Trinajstić information content (AvgIpc) is 3.26. The Morgan fingerprint density at radius 3 is 2.42 bits per heavy atom. The van der Waals surface area contributed by atoms with Gasteiger partial charge in [0.25, 0.3) is 0 Å². The number of fused-ring (bicyclic) bond motifs is 10. The number of rotatable bonds is 2. The minimum atomic E-state index is 0.220. The van der Waals surface area contributed by atoms with Gasteiger partial charge in [-0.1, -0.05) is 63.2 Å². The highest BCUT2D eigenvalue weighted by molar-refractivity contribution is 6.17. The molecule has 1 aliphatic rings. The molecule has 3 heteroatoms. The van der Waals surface area contributed by atoms with Crippen LogP contribution in [-0.2, 0) is 6.42 Å². The average molecular weight is 495 g/mol. The molecule has 1 aliphatic heterocycles. The van der Waals surface area contributed by atoms with Gasteiger partial charge in [0.1, 0.15) is 11.2 Å². The largest absolute Gasteiger partial charge is 0.456 e. The molecule has 0 amide bonds. The summed E-state index contributed by atoms with van der Waals surface area (Å²) >= 11 is 0. The van der Waals surface area contributed by atoms with Gasteiger partial charge in [-0.15, -0.1) is 0 Å². The lowest BCUT2D eigenvalue weighted by atomic mass is 9.85. The Balaban J connectivity index is 1.49. The van der Waals surface area contributed by atoms with E-state index in [-0.39, 0.29) is 5.41 Å². The molecule has 6 aromatic rings. The summed E-state index contributed by atoms with van der Waals surface area (Å²) in [6.45, 7) is 9.07. The van der Waals surface area contributed by atoms with Gasteiger partial charge in [0.15, 0.2) is 0 Å². The van der Waals surface area contributed by atoms with Gasteiger partial charge in [0, 0.05) is 45.0 Å². The highest BCUT2D eigenvalue weighted by atomic mass is 16.3. The van der Waals surface area contributed by atoms with E-state index in [0.29, 0.717) is 0 Å². The molecule has 0 aliphatic carbocycles. The first-order chi connectivity index (χ1) is 18.4. The van der Waals surface area contributed by atoms with Crippen LogP contribution in [-0.4, -0.2) is 4.98 Å². The molecular weight excluding hydrogens is 464 g/mol. The molecule has 0 radical (unpaired) electrons. The van der Waals surface area contributed by atoms with Gasteiger partial charge >= 0.3 is 0 Å². The van der Waals surface area contributed by atoms with E-state index in [2.05, 4.69) is 112 Å². The molecule has 3 heterocycles. The van der Waals surface area contributed by atoms with Crippen molar-refractivity contribution >= 4 is 33.3 Å². The Bertz CT molecular complexity index is 1870. The van der Waals surface area contributed by atoms with E-state index in [9.17, 15) is 0 Å². The zero-order valence-corrected chi connectivity index (χ0v) is 22.2. The SMILES string of the molecule is Cc1c2cc3oc4ccccc4c3c1-c1ccccc1Nc1ccc(-c3cc(CC(C)(C)C)ccn3)cc1-2. The molecule has 0 fully saturated rings. The number of nitrogens with zero attached hydrogens (tertiary/aromatic N) is 1. The lowest BCUT2D eigenvalue weighted by molar-refractivity contribution is 0.411. The quantitative estimate of drug-likeness (QED) is 0.260. The smallest absolute Gasteiger partial charge is 0.136 e. The van der Waals surface area contributed by atoms with Crippen molar-refractivity contribution in [3.63, 3.8) is 0 Å². The van der Waals surface area contributed by atoms with Crippen LogP contribution in [0.4, 0.5) is 11.4 Å². The van der Waals surface area contributed by atoms with Gasteiger partial charge in [0.05, 0.1) is 5.69 Å². The van der Waals surface area contributed by atoms with Crippen LogP contribution < -0.4 is 5.32 Å². The number of benzene rings is 4. The predicted molar refractivity (Wildman–Crippen MR) is 159 cm³/mol. The first kappa shape index (κ1) is 22.8. The summed E-state index contributed by atoms with van der Waals surface area (Å²) in [7, 11) is 0. The number of para-hydroxylation sites is 2. The Morgan fingerprint density at radius 2 is 1.55 bits per heavy atom. The van der Waals surface area contributed by atoms with Crippen molar-refractivity contribution in [1.82, 2.24) is 4.98 Å². The third-order valence-electron chi connectivity index (χ3n) is 7.56. The van der Waals surface area contributed by atoms with Crippen LogP contribution in [0, 0.1) is 12.3 Å². The first-order valence-corrected chi connectivity index (χ1v) is 13.3. The highest BCUT2D eigenvalue weighted by Gasteiger charge is 2.24. The number of pyridine rings is 1. The van der Waals surface area contributed by atoms with Crippen molar-refractivity contribution in [1.29, 1.82) is 0 Å². The molecule has 2 aromatic heterocycles. The third kappa shape index (κ3) is 3.69. The number of nitrogens with one attached hydrogen (secondary N) is 1. The van der Waals surface area contributed by atoms with Crippen LogP contribution in [0.25, 0.3) is 55.4 Å². The Kier molecular flexibility index (Phi) is 4.99. The summed E-state index contributed by atoms with van der Waals surface area (Å²) in [4.78, 5) is 4.76. The van der Waals surface area contributed by atoms with E-state index in [0.717, 1.165) is 51.2 Å². The molecule has 0 atom stereocenters. The maximum absolute atomic E-state index is 6.44. The summed E-state index contributed by atoms with van der Waals surface area (Å²) in [6.07, 6.45) is 2.95. The minimum Gasteiger partial charge on any atom is -0.456 e. The van der Waals surface area contributed by atoms with Crippen molar-refractivity contribution in [2.75, 3.05) is 5.32 Å². The van der Waals surface area contributed by atoms with Crippen LogP contribution in [0.15, 0.2) is 95.5 Å². The number of hydrogen-bond donors (Lipinski definition) is 1. The van der Waals surface area contributed by atoms with E-state index >= 15 is 0 Å². The summed E-state index contributed by atoms with van der Waals surface area (Å²) in [5.74, 6) is 0. The Hall–Kier alpha value is -4.37. The summed E-state index contributed by atoms with van der Waals surface area (Å²) in [5, 5.41) is 6.08. The molecule has 0 saturated carbocycles. The summed E-state index contributed by atoms with van der Waals surface area (Å²) < 4.78 is 6.44. The molecule has 38 heavy (non-hydrogen) atoms. The van der Waals surface area contributed by atoms with Gasteiger partial charge in [-0.25, -0.2) is 0 Å². The second kappa shape index (κ2) is 8.32. The van der Waals surface area contributed by atoms with Crippen LogP contribution >= 0.6 is 0 Å². The number of anilines is 2. The summed E-state index contributed by atoms with van der Waals surface area (Å²) in [6, 6.07) is 30.1. The molecule has 2 bridgehead atoms. The van der Waals surface area contributed by atoms with Crippen molar-refractivity contribution in [2.45, 2.75) is 34.1 Å². The molecule has 186 valence electrons. The minimum absolute atomic E-state index is 0.220. The number of hydrogen-bond acceptors (Lipinski definition) is 3. The van der Waals surface area contributed by atoms with E-state index in [1.807, 2.05) is 12.3 Å². The van der Waals surface area contributed by atoms with Gasteiger partial charge < -0.3 is 9.73 Å². The second-order valence-electron chi connectivity index (χ2n) is 11.6. The molecule has 0 unspecified atom stereocenters. The van der Waals surface area contributed by atoms with Crippen LogP contribution in [0.2, 0.25) is 0 Å². The van der Waals surface area contributed by atoms with Crippen molar-refractivity contribution in [3.8, 4) is 33.5 Å². The lowest BCUT2D eigenvalue weighted by Crippen LogP contribution is -2.09. The predicted octanol–water partition coefficient (Wildman–Crippen LogP) is 9.94. The molecule has 0 saturated heterocycles. The fourth-order valence-electron chi connectivity index (χ4n) is 5.95. The zero-order chi connectivity index (χ0) is 26.0. The number of furan rings is 1. The normalized spacial score (nSPS) is 12.5. The zero-order valence-electron chi connectivity index (χ0n) is 22.2. The first-order valence-electron chi connectivity index (χ1n) is 13.3. The molecular formula is C35H30N2O. The second-order valence-corrected chi connectivity index (χ2v) is 11.6. The van der Waals surface area contributed by atoms with Crippen molar-refractivity contribution in [2.24, 2.45) is 5.41 Å². The third-order valence-corrected chi connectivity index (χ3v) is 7.56. The molecule has 4 aromatic carbocycles. The van der Waals surface area contributed by atoms with Gasteiger partial charge in [-0.05, 0) is 83.5 Å². The Morgan fingerprint density at radius 1 is 0.763 bits per heavy atom. The lowest BCUT2D eigenvalue weighted by Gasteiger charge is -2.24. The van der Waals surface area contributed by atoms with Crippen molar-refractivity contribution in [3.05, 3.63) is 102 Å². The summed E-state index contributed by atoms with van der Waals surface area (Å²) in [5.41, 5.74) is 13.7. The van der Waals surface area contributed by atoms with E-state index in [4.69, 9.17) is 9.40 Å². The molecule has 0 spiro atoms. The van der Waals surface area contributed by atoms with Crippen LogP contribution in [0.5, 0.6) is 0 Å². The van der Waals surface area contributed by atoms with Gasteiger partial charge in [0.2, 0.25) is 0 Å². The van der Waals surface area contributed by atoms with Crippen molar-refractivity contribution < 1.29 is 4.42 Å². The van der Waals surface area contributed by atoms with Crippen LogP contribution in [0.1, 0.15) is 31.9 Å². The molecule has 3 nitrogen and oxygen atoms in total. The Labute approximate surface area is 223 Å². The maximum atomic E-state index is 6.44. The standard InChI is InChI=1S/C35H30N2O/c1-21-26-19-32-34(25-10-6-8-12-31(25)38-32)33(21)24-9-5-7-11-28(24)37-29-14-13-23(18-27(26)29)30-17-22(15-16-36-30)20-35(2,3)4/h5-19,37H,20H2,1-4H3. The number of aromatic nitrogens is 1. The molecule has 7 rings (SSSR count). The van der Waals surface area contributed by atoms with E-state index in [1.54, 1.807) is 0 Å².